The molecule has 1 aliphatic rings. The number of benzene rings is 2. The molecule has 4 rings (SSSR count). The van der Waals surface area contributed by atoms with Gasteiger partial charge >= 0.3 is 0 Å². The van der Waals surface area contributed by atoms with Crippen LogP contribution in [0.25, 0.3) is 10.8 Å². The molecule has 2 aromatic carbocycles. The van der Waals surface area contributed by atoms with E-state index < -0.39 is 0 Å². The van der Waals surface area contributed by atoms with Crippen molar-refractivity contribution in [2.24, 2.45) is 0 Å². The Balaban J connectivity index is 1.86. The number of carbonyl (C=O) groups excluding carboxylic acids is 1. The highest BCUT2D eigenvalue weighted by Crippen LogP contribution is 2.29. The van der Waals surface area contributed by atoms with Crippen LogP contribution in [-0.2, 0) is 6.42 Å². The summed E-state index contributed by atoms with van der Waals surface area (Å²) in [5, 5.41) is 2.13. The molecule has 2 heterocycles. The molecule has 0 N–H and O–H groups in total. The van der Waals surface area contributed by atoms with Crippen LogP contribution in [0.3, 0.4) is 0 Å². The van der Waals surface area contributed by atoms with Crippen LogP contribution in [0.2, 0.25) is 0 Å². The summed E-state index contributed by atoms with van der Waals surface area (Å²) in [6.45, 7) is 0.700. The zero-order chi connectivity index (χ0) is 14.2. The fraction of sp³-hybridized carbons (Fsp3) is 0.111. The molecule has 0 atom stereocenters. The van der Waals surface area contributed by atoms with Gasteiger partial charge in [-0.25, -0.2) is 0 Å². The van der Waals surface area contributed by atoms with E-state index in [1.54, 1.807) is 6.20 Å². The van der Waals surface area contributed by atoms with E-state index in [-0.39, 0.29) is 5.91 Å². The summed E-state index contributed by atoms with van der Waals surface area (Å²) in [6, 6.07) is 15.9. The van der Waals surface area contributed by atoms with Crippen molar-refractivity contribution < 1.29 is 4.79 Å². The largest absolute Gasteiger partial charge is 0.306 e. The highest BCUT2D eigenvalue weighted by Gasteiger charge is 2.26. The maximum absolute atomic E-state index is 12.8. The molecule has 0 bridgehead atoms. The zero-order valence-corrected chi connectivity index (χ0v) is 11.5. The molecule has 1 aromatic heterocycles. The second-order valence-corrected chi connectivity index (χ2v) is 5.24. The zero-order valence-electron chi connectivity index (χ0n) is 11.5. The Hall–Kier alpha value is -2.68. The van der Waals surface area contributed by atoms with E-state index in [2.05, 4.69) is 4.98 Å². The lowest BCUT2D eigenvalue weighted by Crippen LogP contribution is -2.37. The summed E-state index contributed by atoms with van der Waals surface area (Å²) >= 11 is 0. The standard InChI is InChI=1S/C18H14N2O/c21-18-16-8-4-1-5-13(16)9-10-20(18)17-12-19-11-14-6-2-3-7-15(14)17/h1-8,11-12H,9-10H2. The van der Waals surface area contributed by atoms with Gasteiger partial charge in [0.05, 0.1) is 11.9 Å². The van der Waals surface area contributed by atoms with Crippen molar-refractivity contribution in [2.75, 3.05) is 11.4 Å². The van der Waals surface area contributed by atoms with Crippen LogP contribution in [0.5, 0.6) is 0 Å². The fourth-order valence-electron chi connectivity index (χ4n) is 2.97. The van der Waals surface area contributed by atoms with Crippen molar-refractivity contribution in [1.82, 2.24) is 4.98 Å². The number of fused-ring (bicyclic) bond motifs is 2. The lowest BCUT2D eigenvalue weighted by Gasteiger charge is -2.29. The van der Waals surface area contributed by atoms with Gasteiger partial charge in [-0.05, 0) is 18.1 Å². The lowest BCUT2D eigenvalue weighted by atomic mass is 9.98. The fourth-order valence-corrected chi connectivity index (χ4v) is 2.97. The van der Waals surface area contributed by atoms with Crippen molar-refractivity contribution in [3.05, 3.63) is 72.1 Å². The molecule has 0 saturated heterocycles. The van der Waals surface area contributed by atoms with Gasteiger partial charge in [0.1, 0.15) is 0 Å². The van der Waals surface area contributed by atoms with Crippen LogP contribution in [-0.4, -0.2) is 17.4 Å². The summed E-state index contributed by atoms with van der Waals surface area (Å²) in [5.41, 5.74) is 2.83. The minimum Gasteiger partial charge on any atom is -0.306 e. The SMILES string of the molecule is O=C1c2ccccc2CCN1c1cncc2ccccc12. The number of pyridine rings is 1. The molecular formula is C18H14N2O. The molecule has 21 heavy (non-hydrogen) atoms. The third kappa shape index (κ3) is 1.89. The average Bonchev–Trinajstić information content (AvgIpc) is 2.55. The second kappa shape index (κ2) is 4.70. The number of aromatic nitrogens is 1. The number of hydrogen-bond acceptors (Lipinski definition) is 2. The molecule has 3 nitrogen and oxygen atoms in total. The van der Waals surface area contributed by atoms with Crippen LogP contribution in [0.4, 0.5) is 5.69 Å². The van der Waals surface area contributed by atoms with Gasteiger partial charge in [0.25, 0.3) is 5.91 Å². The molecule has 0 unspecified atom stereocenters. The van der Waals surface area contributed by atoms with E-state index in [9.17, 15) is 4.79 Å². The van der Waals surface area contributed by atoms with Crippen molar-refractivity contribution in [2.45, 2.75) is 6.42 Å². The highest BCUT2D eigenvalue weighted by atomic mass is 16.2. The molecule has 0 radical (unpaired) electrons. The Morgan fingerprint density at radius 3 is 2.71 bits per heavy atom. The van der Waals surface area contributed by atoms with E-state index in [1.165, 1.54) is 0 Å². The second-order valence-electron chi connectivity index (χ2n) is 5.24. The van der Waals surface area contributed by atoms with Gasteiger partial charge in [-0.2, -0.15) is 0 Å². The van der Waals surface area contributed by atoms with Gasteiger partial charge in [0.2, 0.25) is 0 Å². The number of hydrogen-bond donors (Lipinski definition) is 0. The van der Waals surface area contributed by atoms with Gasteiger partial charge in [0, 0.05) is 29.1 Å². The predicted molar refractivity (Wildman–Crippen MR) is 83.6 cm³/mol. The van der Waals surface area contributed by atoms with Crippen molar-refractivity contribution in [3.8, 4) is 0 Å². The molecule has 3 heteroatoms. The highest BCUT2D eigenvalue weighted by molar-refractivity contribution is 6.12. The van der Waals surface area contributed by atoms with E-state index in [0.717, 1.165) is 34.0 Å². The van der Waals surface area contributed by atoms with Crippen LogP contribution < -0.4 is 4.90 Å². The first kappa shape index (κ1) is 12.1. The first-order valence-corrected chi connectivity index (χ1v) is 7.07. The number of anilines is 1. The Morgan fingerprint density at radius 1 is 0.952 bits per heavy atom. The summed E-state index contributed by atoms with van der Waals surface area (Å²) < 4.78 is 0. The number of carbonyl (C=O) groups is 1. The maximum Gasteiger partial charge on any atom is 0.258 e. The van der Waals surface area contributed by atoms with Gasteiger partial charge in [-0.15, -0.1) is 0 Å². The van der Waals surface area contributed by atoms with E-state index in [1.807, 2.05) is 59.6 Å². The normalized spacial score (nSPS) is 14.3. The van der Waals surface area contributed by atoms with Gasteiger partial charge in [-0.1, -0.05) is 42.5 Å². The molecular weight excluding hydrogens is 260 g/mol. The Labute approximate surface area is 122 Å². The molecule has 0 saturated carbocycles. The van der Waals surface area contributed by atoms with E-state index in [4.69, 9.17) is 0 Å². The van der Waals surface area contributed by atoms with Crippen LogP contribution in [0, 0.1) is 0 Å². The molecule has 0 aliphatic carbocycles. The minimum absolute atomic E-state index is 0.0648. The predicted octanol–water partition coefficient (Wildman–Crippen LogP) is 3.44. The van der Waals surface area contributed by atoms with Crippen LogP contribution >= 0.6 is 0 Å². The lowest BCUT2D eigenvalue weighted by molar-refractivity contribution is 0.0981. The first-order chi connectivity index (χ1) is 10.3. The third-order valence-corrected chi connectivity index (χ3v) is 4.04. The Kier molecular flexibility index (Phi) is 2.71. The molecule has 102 valence electrons. The van der Waals surface area contributed by atoms with Crippen molar-refractivity contribution >= 4 is 22.4 Å². The third-order valence-electron chi connectivity index (χ3n) is 4.04. The number of rotatable bonds is 1. The Morgan fingerprint density at radius 2 is 1.76 bits per heavy atom. The van der Waals surface area contributed by atoms with Crippen molar-refractivity contribution in [1.29, 1.82) is 0 Å². The monoisotopic (exact) mass is 274 g/mol. The quantitative estimate of drug-likeness (QED) is 0.681. The van der Waals surface area contributed by atoms with E-state index in [0.29, 0.717) is 6.54 Å². The number of nitrogens with zero attached hydrogens (tertiary/aromatic N) is 2. The van der Waals surface area contributed by atoms with E-state index >= 15 is 0 Å². The van der Waals surface area contributed by atoms with Crippen LogP contribution in [0.15, 0.2) is 60.9 Å². The van der Waals surface area contributed by atoms with Gasteiger partial charge in [-0.3, -0.25) is 9.78 Å². The molecule has 1 amide bonds. The Bertz CT molecular complexity index is 836. The van der Waals surface area contributed by atoms with Gasteiger partial charge < -0.3 is 4.90 Å². The topological polar surface area (TPSA) is 33.2 Å². The first-order valence-electron chi connectivity index (χ1n) is 7.07. The summed E-state index contributed by atoms with van der Waals surface area (Å²) in [4.78, 5) is 18.9. The summed E-state index contributed by atoms with van der Waals surface area (Å²) in [5.74, 6) is 0.0648. The van der Waals surface area contributed by atoms with Gasteiger partial charge in [0.15, 0.2) is 0 Å². The molecule has 3 aromatic rings. The molecule has 1 aliphatic heterocycles. The maximum atomic E-state index is 12.8. The summed E-state index contributed by atoms with van der Waals surface area (Å²) in [6.07, 6.45) is 4.50. The summed E-state index contributed by atoms with van der Waals surface area (Å²) in [7, 11) is 0. The minimum atomic E-state index is 0.0648. The molecule has 0 fully saturated rings. The van der Waals surface area contributed by atoms with Crippen LogP contribution in [0.1, 0.15) is 15.9 Å². The smallest absolute Gasteiger partial charge is 0.258 e. The van der Waals surface area contributed by atoms with Crippen molar-refractivity contribution in [3.63, 3.8) is 0 Å². The molecule has 0 spiro atoms. The average molecular weight is 274 g/mol. The number of amides is 1.